The highest BCUT2D eigenvalue weighted by atomic mass is 19.1. The van der Waals surface area contributed by atoms with E-state index in [1.54, 1.807) is 21.9 Å². The summed E-state index contributed by atoms with van der Waals surface area (Å²) in [4.78, 5) is 27.7. The lowest BCUT2D eigenvalue weighted by molar-refractivity contribution is -0.154. The standard InChI is InChI=1S/C15H18FN3O2/c16-12-4-3-10(6-11(12)7-17)8-18-9-14(20)19-5-1-2-13(19)15(18)21/h3-4,6,13H,1-2,5,7-9,17H2. The third-order valence-electron chi connectivity index (χ3n) is 4.20. The molecule has 1 unspecified atom stereocenters. The summed E-state index contributed by atoms with van der Waals surface area (Å²) in [6.07, 6.45) is 1.61. The number of nitrogens with zero attached hydrogens (tertiary/aromatic N) is 2. The van der Waals surface area contributed by atoms with Gasteiger partial charge in [-0.1, -0.05) is 6.07 Å². The molecule has 0 bridgehead atoms. The summed E-state index contributed by atoms with van der Waals surface area (Å²) in [5.41, 5.74) is 6.71. The molecule has 0 aliphatic carbocycles. The molecular weight excluding hydrogens is 273 g/mol. The van der Waals surface area contributed by atoms with Gasteiger partial charge >= 0.3 is 0 Å². The van der Waals surface area contributed by atoms with E-state index in [2.05, 4.69) is 0 Å². The summed E-state index contributed by atoms with van der Waals surface area (Å²) < 4.78 is 13.4. The lowest BCUT2D eigenvalue weighted by atomic mass is 10.1. The first kappa shape index (κ1) is 14.0. The van der Waals surface area contributed by atoms with Gasteiger partial charge in [0.15, 0.2) is 0 Å². The molecule has 5 nitrogen and oxygen atoms in total. The number of carbonyl (C=O) groups is 2. The van der Waals surface area contributed by atoms with Crippen molar-refractivity contribution in [2.24, 2.45) is 5.73 Å². The van der Waals surface area contributed by atoms with E-state index in [1.165, 1.54) is 6.07 Å². The first-order chi connectivity index (χ1) is 10.1. The average Bonchev–Trinajstić information content (AvgIpc) is 2.96. The Hall–Kier alpha value is -1.95. The quantitative estimate of drug-likeness (QED) is 0.887. The molecule has 6 heteroatoms. The number of fused-ring (bicyclic) bond motifs is 1. The van der Waals surface area contributed by atoms with Crippen molar-refractivity contribution in [1.82, 2.24) is 9.80 Å². The highest BCUT2D eigenvalue weighted by Crippen LogP contribution is 2.25. The van der Waals surface area contributed by atoms with Gasteiger partial charge in [0.1, 0.15) is 18.4 Å². The molecule has 2 saturated heterocycles. The fourth-order valence-electron chi connectivity index (χ4n) is 3.10. The van der Waals surface area contributed by atoms with E-state index in [0.29, 0.717) is 18.7 Å². The van der Waals surface area contributed by atoms with Gasteiger partial charge < -0.3 is 15.5 Å². The minimum absolute atomic E-state index is 0.00161. The molecule has 2 heterocycles. The molecule has 0 radical (unpaired) electrons. The van der Waals surface area contributed by atoms with Crippen LogP contribution in [0.2, 0.25) is 0 Å². The molecule has 2 fully saturated rings. The van der Waals surface area contributed by atoms with Gasteiger partial charge in [0, 0.05) is 25.2 Å². The zero-order chi connectivity index (χ0) is 15.0. The SMILES string of the molecule is NCc1cc(CN2CC(=O)N3CCCC3C2=O)ccc1F. The van der Waals surface area contributed by atoms with Crippen molar-refractivity contribution in [1.29, 1.82) is 0 Å². The highest BCUT2D eigenvalue weighted by Gasteiger charge is 2.41. The Morgan fingerprint density at radius 3 is 2.90 bits per heavy atom. The lowest BCUT2D eigenvalue weighted by Crippen LogP contribution is -2.56. The summed E-state index contributed by atoms with van der Waals surface area (Å²) in [7, 11) is 0. The van der Waals surface area contributed by atoms with Crippen LogP contribution in [0.5, 0.6) is 0 Å². The topological polar surface area (TPSA) is 66.6 Å². The van der Waals surface area contributed by atoms with Gasteiger partial charge in [0.2, 0.25) is 11.8 Å². The Bertz CT molecular complexity index is 590. The second-order valence-electron chi connectivity index (χ2n) is 5.57. The van der Waals surface area contributed by atoms with E-state index in [-0.39, 0.29) is 36.8 Å². The fraction of sp³-hybridized carbons (Fsp3) is 0.467. The maximum Gasteiger partial charge on any atom is 0.246 e. The van der Waals surface area contributed by atoms with Gasteiger partial charge in [-0.15, -0.1) is 0 Å². The first-order valence-corrected chi connectivity index (χ1v) is 7.16. The minimum Gasteiger partial charge on any atom is -0.329 e. The van der Waals surface area contributed by atoms with Crippen molar-refractivity contribution in [3.63, 3.8) is 0 Å². The van der Waals surface area contributed by atoms with Crippen LogP contribution >= 0.6 is 0 Å². The van der Waals surface area contributed by atoms with Gasteiger partial charge in [-0.3, -0.25) is 9.59 Å². The number of hydrogen-bond acceptors (Lipinski definition) is 3. The molecule has 21 heavy (non-hydrogen) atoms. The second-order valence-corrected chi connectivity index (χ2v) is 5.57. The molecule has 112 valence electrons. The Morgan fingerprint density at radius 1 is 1.33 bits per heavy atom. The number of amides is 2. The fourth-order valence-corrected chi connectivity index (χ4v) is 3.10. The normalized spacial score (nSPS) is 21.9. The number of halogens is 1. The van der Waals surface area contributed by atoms with Crippen LogP contribution in [0.4, 0.5) is 4.39 Å². The zero-order valence-corrected chi connectivity index (χ0v) is 11.7. The van der Waals surface area contributed by atoms with E-state index >= 15 is 0 Å². The number of hydrogen-bond donors (Lipinski definition) is 1. The van der Waals surface area contributed by atoms with E-state index in [1.807, 2.05) is 0 Å². The van der Waals surface area contributed by atoms with Crippen LogP contribution in [-0.2, 0) is 22.7 Å². The van der Waals surface area contributed by atoms with Crippen molar-refractivity contribution in [3.8, 4) is 0 Å². The summed E-state index contributed by atoms with van der Waals surface area (Å²) in [6.45, 7) is 1.22. The summed E-state index contributed by atoms with van der Waals surface area (Å²) >= 11 is 0. The maximum absolute atomic E-state index is 13.4. The van der Waals surface area contributed by atoms with Crippen molar-refractivity contribution in [2.45, 2.75) is 32.0 Å². The largest absolute Gasteiger partial charge is 0.329 e. The van der Waals surface area contributed by atoms with Crippen LogP contribution in [0.1, 0.15) is 24.0 Å². The molecular formula is C15H18FN3O2. The lowest BCUT2D eigenvalue weighted by Gasteiger charge is -2.36. The smallest absolute Gasteiger partial charge is 0.246 e. The average molecular weight is 291 g/mol. The third-order valence-corrected chi connectivity index (χ3v) is 4.20. The van der Waals surface area contributed by atoms with Crippen LogP contribution in [0.15, 0.2) is 18.2 Å². The molecule has 1 atom stereocenters. The second kappa shape index (κ2) is 5.44. The molecule has 0 saturated carbocycles. The Balaban J connectivity index is 1.78. The van der Waals surface area contributed by atoms with Gasteiger partial charge in [-0.05, 0) is 30.5 Å². The van der Waals surface area contributed by atoms with Crippen LogP contribution in [0.3, 0.4) is 0 Å². The molecule has 1 aromatic carbocycles. The van der Waals surface area contributed by atoms with E-state index < -0.39 is 0 Å². The van der Waals surface area contributed by atoms with Crippen LogP contribution < -0.4 is 5.73 Å². The maximum atomic E-state index is 13.4. The Morgan fingerprint density at radius 2 is 2.14 bits per heavy atom. The van der Waals surface area contributed by atoms with E-state index in [9.17, 15) is 14.0 Å². The first-order valence-electron chi connectivity index (χ1n) is 7.16. The summed E-state index contributed by atoms with van der Waals surface area (Å²) in [5, 5.41) is 0. The number of rotatable bonds is 3. The summed E-state index contributed by atoms with van der Waals surface area (Å²) in [5.74, 6) is -0.353. The van der Waals surface area contributed by atoms with Gasteiger partial charge in [0.05, 0.1) is 0 Å². The highest BCUT2D eigenvalue weighted by molar-refractivity contribution is 5.95. The van der Waals surface area contributed by atoms with Crippen molar-refractivity contribution in [2.75, 3.05) is 13.1 Å². The van der Waals surface area contributed by atoms with Crippen molar-refractivity contribution in [3.05, 3.63) is 35.1 Å². The molecule has 0 aromatic heterocycles. The van der Waals surface area contributed by atoms with E-state index in [4.69, 9.17) is 5.73 Å². The molecule has 1 aromatic rings. The van der Waals surface area contributed by atoms with E-state index in [0.717, 1.165) is 18.4 Å². The number of piperazine rings is 1. The molecule has 2 N–H and O–H groups in total. The minimum atomic E-state index is -0.343. The Kier molecular flexibility index (Phi) is 3.63. The monoisotopic (exact) mass is 291 g/mol. The predicted octanol–water partition coefficient (Wildman–Crippen LogP) is 0.618. The number of carbonyl (C=O) groups excluding carboxylic acids is 2. The van der Waals surface area contributed by atoms with Crippen LogP contribution in [-0.4, -0.2) is 40.7 Å². The molecule has 2 aliphatic rings. The summed E-state index contributed by atoms with van der Waals surface area (Å²) in [6, 6.07) is 4.34. The van der Waals surface area contributed by atoms with Gasteiger partial charge in [-0.25, -0.2) is 4.39 Å². The zero-order valence-electron chi connectivity index (χ0n) is 11.7. The van der Waals surface area contributed by atoms with Gasteiger partial charge in [-0.2, -0.15) is 0 Å². The molecule has 0 spiro atoms. The predicted molar refractivity (Wildman–Crippen MR) is 74.4 cm³/mol. The van der Waals surface area contributed by atoms with Gasteiger partial charge in [0.25, 0.3) is 0 Å². The van der Waals surface area contributed by atoms with Crippen molar-refractivity contribution >= 4 is 11.8 Å². The third kappa shape index (κ3) is 2.51. The Labute approximate surface area is 122 Å². The number of benzene rings is 1. The molecule has 2 aliphatic heterocycles. The molecule has 3 rings (SSSR count). The van der Waals surface area contributed by atoms with Crippen LogP contribution in [0.25, 0.3) is 0 Å². The van der Waals surface area contributed by atoms with Crippen molar-refractivity contribution < 1.29 is 14.0 Å². The number of nitrogens with two attached hydrogens (primary N) is 1. The molecule has 2 amide bonds. The van der Waals surface area contributed by atoms with Crippen LogP contribution in [0, 0.1) is 5.82 Å².